The molecule has 0 saturated heterocycles. The summed E-state index contributed by atoms with van der Waals surface area (Å²) in [6.07, 6.45) is -1.11. The van der Waals surface area contributed by atoms with Gasteiger partial charge in [-0.1, -0.05) is 11.6 Å². The molecule has 0 saturated carbocycles. The summed E-state index contributed by atoms with van der Waals surface area (Å²) in [7, 11) is 0. The number of nitro benzene ring substituents is 1. The van der Waals surface area contributed by atoms with Crippen molar-refractivity contribution in [3.05, 3.63) is 38.9 Å². The number of hydrogen-bond donors (Lipinski definition) is 2. The molecule has 9 heteroatoms. The van der Waals surface area contributed by atoms with E-state index in [9.17, 15) is 24.8 Å². The van der Waals surface area contributed by atoms with Crippen LogP contribution in [0.5, 0.6) is 0 Å². The molecule has 0 fully saturated rings. The number of alkyl carbamates (subject to hydrolysis) is 1. The Morgan fingerprint density at radius 2 is 2.04 bits per heavy atom. The summed E-state index contributed by atoms with van der Waals surface area (Å²) in [4.78, 5) is 33.1. The Bertz CT molecular complexity index is 626. The first-order valence-corrected chi connectivity index (χ1v) is 7.02. The molecular weight excluding hydrogens is 328 g/mol. The molecule has 23 heavy (non-hydrogen) atoms. The Labute approximate surface area is 137 Å². The van der Waals surface area contributed by atoms with Gasteiger partial charge in [0.1, 0.15) is 11.6 Å². The van der Waals surface area contributed by atoms with Gasteiger partial charge in [0.15, 0.2) is 0 Å². The van der Waals surface area contributed by atoms with Crippen molar-refractivity contribution < 1.29 is 24.4 Å². The Morgan fingerprint density at radius 1 is 1.43 bits per heavy atom. The van der Waals surface area contributed by atoms with Crippen LogP contribution in [-0.2, 0) is 16.0 Å². The number of carboxylic acid groups (broad SMARTS) is 1. The fraction of sp³-hybridized carbons (Fsp3) is 0.429. The SMILES string of the molecule is CC(C)(C)OC(=O)NC(Cc1cc([N+](=O)[O-])ccc1Cl)C(=O)O. The maximum Gasteiger partial charge on any atom is 0.408 e. The van der Waals surface area contributed by atoms with Gasteiger partial charge in [-0.05, 0) is 32.4 Å². The quantitative estimate of drug-likeness (QED) is 0.626. The molecule has 1 unspecified atom stereocenters. The van der Waals surface area contributed by atoms with Crippen LogP contribution in [0, 0.1) is 10.1 Å². The standard InChI is InChI=1S/C14H17ClN2O6/c1-14(2,3)23-13(20)16-11(12(18)19)7-8-6-9(17(21)22)4-5-10(8)15/h4-6,11H,7H2,1-3H3,(H,16,20)(H,18,19). The molecule has 0 aliphatic carbocycles. The van der Waals surface area contributed by atoms with Gasteiger partial charge in [0.2, 0.25) is 0 Å². The topological polar surface area (TPSA) is 119 Å². The van der Waals surface area contributed by atoms with Crippen LogP contribution in [0.3, 0.4) is 0 Å². The number of ether oxygens (including phenoxy) is 1. The van der Waals surface area contributed by atoms with E-state index in [4.69, 9.17) is 16.3 Å². The molecule has 1 atom stereocenters. The van der Waals surface area contributed by atoms with E-state index in [1.165, 1.54) is 18.2 Å². The fourth-order valence-electron chi connectivity index (χ4n) is 1.70. The molecule has 126 valence electrons. The zero-order chi connectivity index (χ0) is 17.8. The van der Waals surface area contributed by atoms with Crippen molar-refractivity contribution in [3.8, 4) is 0 Å². The number of halogens is 1. The van der Waals surface area contributed by atoms with Gasteiger partial charge in [-0.3, -0.25) is 10.1 Å². The second kappa shape index (κ2) is 7.28. The average Bonchev–Trinajstić information content (AvgIpc) is 2.37. The number of nitrogens with zero attached hydrogens (tertiary/aromatic N) is 1. The first-order valence-electron chi connectivity index (χ1n) is 6.65. The van der Waals surface area contributed by atoms with Gasteiger partial charge in [-0.15, -0.1) is 0 Å². The molecule has 8 nitrogen and oxygen atoms in total. The Morgan fingerprint density at radius 3 is 2.52 bits per heavy atom. The third kappa shape index (κ3) is 6.11. The van der Waals surface area contributed by atoms with Gasteiger partial charge in [0.05, 0.1) is 4.92 Å². The summed E-state index contributed by atoms with van der Waals surface area (Å²) in [5, 5.41) is 22.4. The lowest BCUT2D eigenvalue weighted by molar-refractivity contribution is -0.384. The number of amides is 1. The lowest BCUT2D eigenvalue weighted by Crippen LogP contribution is -2.44. The van der Waals surface area contributed by atoms with Crippen molar-refractivity contribution in [1.82, 2.24) is 5.32 Å². The maximum atomic E-state index is 11.7. The van der Waals surface area contributed by atoms with E-state index in [-0.39, 0.29) is 22.7 Å². The highest BCUT2D eigenvalue weighted by Gasteiger charge is 2.25. The van der Waals surface area contributed by atoms with Crippen molar-refractivity contribution in [2.75, 3.05) is 0 Å². The van der Waals surface area contributed by atoms with Gasteiger partial charge >= 0.3 is 12.1 Å². The van der Waals surface area contributed by atoms with Crippen LogP contribution >= 0.6 is 11.6 Å². The number of nitrogens with one attached hydrogen (secondary N) is 1. The summed E-state index contributed by atoms with van der Waals surface area (Å²) >= 11 is 5.93. The summed E-state index contributed by atoms with van der Waals surface area (Å²) < 4.78 is 4.99. The van der Waals surface area contributed by atoms with Crippen LogP contribution in [0.15, 0.2) is 18.2 Å². The molecule has 0 radical (unpaired) electrons. The first-order chi connectivity index (χ1) is 10.5. The molecule has 1 amide bonds. The van der Waals surface area contributed by atoms with Crippen molar-refractivity contribution in [1.29, 1.82) is 0 Å². The number of carbonyl (C=O) groups is 2. The summed E-state index contributed by atoms with van der Waals surface area (Å²) in [5.41, 5.74) is -0.758. The molecule has 0 aliphatic heterocycles. The second-order valence-corrected chi connectivity index (χ2v) is 6.18. The van der Waals surface area contributed by atoms with Crippen molar-refractivity contribution in [2.24, 2.45) is 0 Å². The maximum absolute atomic E-state index is 11.7. The number of hydrogen-bond acceptors (Lipinski definition) is 5. The summed E-state index contributed by atoms with van der Waals surface area (Å²) in [6.45, 7) is 4.92. The molecular formula is C14H17ClN2O6. The molecule has 1 aromatic rings. The molecule has 0 aromatic heterocycles. The third-order valence-corrected chi connectivity index (χ3v) is 3.02. The van der Waals surface area contributed by atoms with Crippen molar-refractivity contribution in [3.63, 3.8) is 0 Å². The highest BCUT2D eigenvalue weighted by molar-refractivity contribution is 6.31. The van der Waals surface area contributed by atoms with Crippen molar-refractivity contribution in [2.45, 2.75) is 38.8 Å². The van der Waals surface area contributed by atoms with Crippen molar-refractivity contribution >= 4 is 29.4 Å². The van der Waals surface area contributed by atoms with Crippen LogP contribution in [-0.4, -0.2) is 33.7 Å². The zero-order valence-corrected chi connectivity index (χ0v) is 13.6. The molecule has 0 spiro atoms. The minimum Gasteiger partial charge on any atom is -0.480 e. The normalized spacial score (nSPS) is 12.3. The highest BCUT2D eigenvalue weighted by Crippen LogP contribution is 2.23. The lowest BCUT2D eigenvalue weighted by Gasteiger charge is -2.22. The lowest BCUT2D eigenvalue weighted by atomic mass is 10.1. The van der Waals surface area contributed by atoms with Crippen LogP contribution in [0.2, 0.25) is 5.02 Å². The van der Waals surface area contributed by atoms with Crippen LogP contribution in [0.4, 0.5) is 10.5 Å². The van der Waals surface area contributed by atoms with E-state index < -0.39 is 28.6 Å². The number of carbonyl (C=O) groups excluding carboxylic acids is 1. The number of benzene rings is 1. The van der Waals surface area contributed by atoms with Gasteiger partial charge in [-0.25, -0.2) is 9.59 Å². The minimum atomic E-state index is -1.33. The van der Waals surface area contributed by atoms with E-state index in [2.05, 4.69) is 5.32 Å². The molecule has 0 aliphatic rings. The van der Waals surface area contributed by atoms with Crippen LogP contribution < -0.4 is 5.32 Å². The van der Waals surface area contributed by atoms with E-state index in [0.717, 1.165) is 0 Å². The number of carboxylic acids is 1. The minimum absolute atomic E-state index is 0.174. The largest absolute Gasteiger partial charge is 0.480 e. The molecule has 1 rings (SSSR count). The van der Waals surface area contributed by atoms with E-state index in [1.807, 2.05) is 0 Å². The number of rotatable bonds is 5. The van der Waals surface area contributed by atoms with E-state index in [0.29, 0.717) is 0 Å². The van der Waals surface area contributed by atoms with Crippen LogP contribution in [0.1, 0.15) is 26.3 Å². The number of non-ortho nitro benzene ring substituents is 1. The number of nitro groups is 1. The first kappa shape index (κ1) is 18.7. The monoisotopic (exact) mass is 344 g/mol. The fourth-order valence-corrected chi connectivity index (χ4v) is 1.90. The smallest absolute Gasteiger partial charge is 0.408 e. The van der Waals surface area contributed by atoms with Gasteiger partial charge in [0.25, 0.3) is 5.69 Å². The zero-order valence-electron chi connectivity index (χ0n) is 12.8. The van der Waals surface area contributed by atoms with E-state index >= 15 is 0 Å². The average molecular weight is 345 g/mol. The molecule has 2 N–H and O–H groups in total. The Kier molecular flexibility index (Phi) is 5.91. The third-order valence-electron chi connectivity index (χ3n) is 2.65. The predicted octanol–water partition coefficient (Wildman–Crippen LogP) is 2.77. The van der Waals surface area contributed by atoms with Gasteiger partial charge in [-0.2, -0.15) is 0 Å². The van der Waals surface area contributed by atoms with E-state index in [1.54, 1.807) is 20.8 Å². The Balaban J connectivity index is 2.92. The van der Waals surface area contributed by atoms with Gasteiger partial charge < -0.3 is 15.2 Å². The molecule has 0 bridgehead atoms. The predicted molar refractivity (Wildman–Crippen MR) is 82.6 cm³/mol. The van der Waals surface area contributed by atoms with Gasteiger partial charge in [0, 0.05) is 23.6 Å². The Hall–Kier alpha value is -2.35. The second-order valence-electron chi connectivity index (χ2n) is 5.77. The van der Waals surface area contributed by atoms with Crippen LogP contribution in [0.25, 0.3) is 0 Å². The highest BCUT2D eigenvalue weighted by atomic mass is 35.5. The number of aliphatic carboxylic acids is 1. The molecule has 0 heterocycles. The molecule has 1 aromatic carbocycles. The summed E-state index contributed by atoms with van der Waals surface area (Å²) in [5.74, 6) is -1.31. The summed E-state index contributed by atoms with van der Waals surface area (Å²) in [6, 6.07) is 2.36.